The van der Waals surface area contributed by atoms with Gasteiger partial charge in [0.1, 0.15) is 0 Å². The Morgan fingerprint density at radius 3 is 2.67 bits per heavy atom. The summed E-state index contributed by atoms with van der Waals surface area (Å²) in [6.45, 7) is 13.2. The third kappa shape index (κ3) is 4.81. The van der Waals surface area contributed by atoms with Crippen molar-refractivity contribution in [1.29, 1.82) is 0 Å². The lowest BCUT2D eigenvalue weighted by molar-refractivity contribution is 0.411. The molecule has 0 aliphatic heterocycles. The third-order valence-corrected chi connectivity index (χ3v) is 3.34. The molecule has 0 spiro atoms. The van der Waals surface area contributed by atoms with Crippen LogP contribution in [0.3, 0.4) is 0 Å². The van der Waals surface area contributed by atoms with E-state index in [1.807, 2.05) is 0 Å². The standard InChI is InChI=1S/C15H29N3/c1-6-8-16-13(4)9-12(3)10-15-11-14(5)17-18(15)7-2/h11-13,16H,6-10H2,1-5H3. The van der Waals surface area contributed by atoms with Gasteiger partial charge in [0, 0.05) is 18.3 Å². The van der Waals surface area contributed by atoms with Gasteiger partial charge in [0.15, 0.2) is 0 Å². The van der Waals surface area contributed by atoms with Crippen LogP contribution in [0, 0.1) is 12.8 Å². The summed E-state index contributed by atoms with van der Waals surface area (Å²) in [6.07, 6.45) is 3.57. The monoisotopic (exact) mass is 251 g/mol. The van der Waals surface area contributed by atoms with Gasteiger partial charge in [-0.2, -0.15) is 5.10 Å². The van der Waals surface area contributed by atoms with Gasteiger partial charge >= 0.3 is 0 Å². The van der Waals surface area contributed by atoms with E-state index in [1.54, 1.807) is 0 Å². The lowest BCUT2D eigenvalue weighted by atomic mass is 9.97. The first kappa shape index (κ1) is 15.2. The maximum absolute atomic E-state index is 4.51. The van der Waals surface area contributed by atoms with Gasteiger partial charge < -0.3 is 5.32 Å². The van der Waals surface area contributed by atoms with Crippen molar-refractivity contribution in [3.05, 3.63) is 17.5 Å². The summed E-state index contributed by atoms with van der Waals surface area (Å²) < 4.78 is 2.13. The number of nitrogens with zero attached hydrogens (tertiary/aromatic N) is 2. The highest BCUT2D eigenvalue weighted by atomic mass is 15.3. The molecule has 0 aromatic carbocycles. The largest absolute Gasteiger partial charge is 0.314 e. The minimum absolute atomic E-state index is 0.610. The quantitative estimate of drug-likeness (QED) is 0.769. The number of aromatic nitrogens is 2. The Labute approximate surface area is 112 Å². The van der Waals surface area contributed by atoms with E-state index in [0.717, 1.165) is 25.2 Å². The third-order valence-electron chi connectivity index (χ3n) is 3.34. The smallest absolute Gasteiger partial charge is 0.0596 e. The topological polar surface area (TPSA) is 29.9 Å². The van der Waals surface area contributed by atoms with Gasteiger partial charge in [-0.05, 0) is 58.6 Å². The van der Waals surface area contributed by atoms with E-state index in [2.05, 4.69) is 55.8 Å². The maximum atomic E-state index is 4.51. The Bertz CT molecular complexity index is 344. The Morgan fingerprint density at radius 2 is 2.06 bits per heavy atom. The summed E-state index contributed by atoms with van der Waals surface area (Å²) in [6, 6.07) is 2.84. The molecule has 0 saturated heterocycles. The predicted molar refractivity (Wildman–Crippen MR) is 77.9 cm³/mol. The number of hydrogen-bond donors (Lipinski definition) is 1. The van der Waals surface area contributed by atoms with Crippen LogP contribution in [-0.2, 0) is 13.0 Å². The molecule has 0 radical (unpaired) electrons. The lowest BCUT2D eigenvalue weighted by Gasteiger charge is -2.18. The van der Waals surface area contributed by atoms with Gasteiger partial charge in [-0.15, -0.1) is 0 Å². The van der Waals surface area contributed by atoms with E-state index in [1.165, 1.54) is 18.5 Å². The molecule has 0 fully saturated rings. The van der Waals surface area contributed by atoms with Gasteiger partial charge in [-0.3, -0.25) is 4.68 Å². The zero-order valence-electron chi connectivity index (χ0n) is 12.7. The van der Waals surface area contributed by atoms with Crippen LogP contribution in [0.5, 0.6) is 0 Å². The van der Waals surface area contributed by atoms with Crippen molar-refractivity contribution in [3.8, 4) is 0 Å². The van der Waals surface area contributed by atoms with E-state index in [0.29, 0.717) is 12.0 Å². The second kappa shape index (κ2) is 7.57. The van der Waals surface area contributed by atoms with Crippen LogP contribution in [0.15, 0.2) is 6.07 Å². The van der Waals surface area contributed by atoms with Crippen LogP contribution in [-0.4, -0.2) is 22.4 Å². The molecule has 104 valence electrons. The maximum Gasteiger partial charge on any atom is 0.0596 e. The molecule has 1 N–H and O–H groups in total. The summed E-state index contributed by atoms with van der Waals surface area (Å²) in [4.78, 5) is 0. The molecule has 2 atom stereocenters. The normalized spacial score (nSPS) is 14.7. The molecule has 0 aliphatic carbocycles. The fraction of sp³-hybridized carbons (Fsp3) is 0.800. The van der Waals surface area contributed by atoms with Gasteiger partial charge in [0.25, 0.3) is 0 Å². The average Bonchev–Trinajstić information content (AvgIpc) is 2.66. The molecule has 0 bridgehead atoms. The number of nitrogens with one attached hydrogen (secondary N) is 1. The van der Waals surface area contributed by atoms with Gasteiger partial charge in [-0.25, -0.2) is 0 Å². The minimum atomic E-state index is 0.610. The van der Waals surface area contributed by atoms with Crippen molar-refractivity contribution >= 4 is 0 Å². The van der Waals surface area contributed by atoms with Crippen molar-refractivity contribution in [2.24, 2.45) is 5.92 Å². The fourth-order valence-corrected chi connectivity index (χ4v) is 2.56. The molecular formula is C15H29N3. The second-order valence-corrected chi connectivity index (χ2v) is 5.49. The van der Waals surface area contributed by atoms with Gasteiger partial charge in [-0.1, -0.05) is 13.8 Å². The van der Waals surface area contributed by atoms with Crippen molar-refractivity contribution in [2.45, 2.75) is 66.5 Å². The molecule has 0 aliphatic rings. The van der Waals surface area contributed by atoms with E-state index >= 15 is 0 Å². The minimum Gasteiger partial charge on any atom is -0.314 e. The van der Waals surface area contributed by atoms with Crippen molar-refractivity contribution in [1.82, 2.24) is 15.1 Å². The Kier molecular flexibility index (Phi) is 6.41. The van der Waals surface area contributed by atoms with E-state index in [-0.39, 0.29) is 0 Å². The Morgan fingerprint density at radius 1 is 1.33 bits per heavy atom. The molecule has 18 heavy (non-hydrogen) atoms. The van der Waals surface area contributed by atoms with E-state index < -0.39 is 0 Å². The lowest BCUT2D eigenvalue weighted by Crippen LogP contribution is -2.29. The molecule has 0 amide bonds. The molecule has 1 rings (SSSR count). The molecule has 1 aromatic rings. The SMILES string of the molecule is CCCNC(C)CC(C)Cc1cc(C)nn1CC. The highest BCUT2D eigenvalue weighted by Crippen LogP contribution is 2.15. The van der Waals surface area contributed by atoms with Crippen molar-refractivity contribution in [3.63, 3.8) is 0 Å². The molecule has 0 saturated carbocycles. The molecule has 2 unspecified atom stereocenters. The molecular weight excluding hydrogens is 222 g/mol. The Hall–Kier alpha value is -0.830. The number of rotatable bonds is 8. The average molecular weight is 251 g/mol. The molecule has 1 heterocycles. The van der Waals surface area contributed by atoms with Crippen LogP contribution >= 0.6 is 0 Å². The predicted octanol–water partition coefficient (Wildman–Crippen LogP) is 3.17. The molecule has 3 heteroatoms. The highest BCUT2D eigenvalue weighted by molar-refractivity contribution is 5.09. The summed E-state index contributed by atoms with van der Waals surface area (Å²) in [7, 11) is 0. The summed E-state index contributed by atoms with van der Waals surface area (Å²) >= 11 is 0. The van der Waals surface area contributed by atoms with Crippen LogP contribution in [0.1, 0.15) is 51.9 Å². The van der Waals surface area contributed by atoms with Gasteiger partial charge in [0.2, 0.25) is 0 Å². The fourth-order valence-electron chi connectivity index (χ4n) is 2.56. The number of aryl methyl sites for hydroxylation is 2. The summed E-state index contributed by atoms with van der Waals surface area (Å²) in [5.74, 6) is 0.700. The first-order valence-electron chi connectivity index (χ1n) is 7.33. The van der Waals surface area contributed by atoms with Crippen LogP contribution in [0.2, 0.25) is 0 Å². The van der Waals surface area contributed by atoms with Crippen LogP contribution < -0.4 is 5.32 Å². The summed E-state index contributed by atoms with van der Waals surface area (Å²) in [5.41, 5.74) is 2.52. The Balaban J connectivity index is 2.45. The molecule has 1 aromatic heterocycles. The number of hydrogen-bond acceptors (Lipinski definition) is 2. The van der Waals surface area contributed by atoms with Crippen molar-refractivity contribution < 1.29 is 0 Å². The highest BCUT2D eigenvalue weighted by Gasteiger charge is 2.12. The van der Waals surface area contributed by atoms with E-state index in [9.17, 15) is 0 Å². The summed E-state index contributed by atoms with van der Waals surface area (Å²) in [5, 5.41) is 8.07. The van der Waals surface area contributed by atoms with Crippen molar-refractivity contribution in [2.75, 3.05) is 6.54 Å². The van der Waals surface area contributed by atoms with Crippen LogP contribution in [0.4, 0.5) is 0 Å². The first-order valence-corrected chi connectivity index (χ1v) is 7.33. The van der Waals surface area contributed by atoms with Gasteiger partial charge in [0.05, 0.1) is 5.69 Å². The zero-order chi connectivity index (χ0) is 13.5. The first-order chi connectivity index (χ1) is 8.56. The van der Waals surface area contributed by atoms with Crippen LogP contribution in [0.25, 0.3) is 0 Å². The molecule has 3 nitrogen and oxygen atoms in total. The zero-order valence-corrected chi connectivity index (χ0v) is 12.7. The second-order valence-electron chi connectivity index (χ2n) is 5.49. The van der Waals surface area contributed by atoms with E-state index in [4.69, 9.17) is 0 Å².